The van der Waals surface area contributed by atoms with Crippen molar-refractivity contribution in [3.63, 3.8) is 0 Å². The molecule has 0 saturated heterocycles. The van der Waals surface area contributed by atoms with Crippen LogP contribution in [0.5, 0.6) is 0 Å². The van der Waals surface area contributed by atoms with Crippen LogP contribution in [0.25, 0.3) is 0 Å². The summed E-state index contributed by atoms with van der Waals surface area (Å²) < 4.78 is 5.59. The number of ether oxygens (including phenoxy) is 1. The van der Waals surface area contributed by atoms with Gasteiger partial charge in [-0.15, -0.1) is 0 Å². The smallest absolute Gasteiger partial charge is 0.0694 e. The quantitative estimate of drug-likeness (QED) is 0.593. The Labute approximate surface area is 98.0 Å². The normalized spacial score (nSPS) is 13.1. The summed E-state index contributed by atoms with van der Waals surface area (Å²) in [5.74, 6) is 5.56. The van der Waals surface area contributed by atoms with Crippen molar-refractivity contribution < 1.29 is 4.74 Å². The molecule has 0 heterocycles. The van der Waals surface area contributed by atoms with Crippen LogP contribution in [0.3, 0.4) is 0 Å². The molecule has 0 bridgehead atoms. The number of nitrogens with one attached hydrogen (secondary N) is 1. The predicted molar refractivity (Wildman–Crippen MR) is 67.1 cm³/mol. The molecule has 0 spiro atoms. The van der Waals surface area contributed by atoms with Crippen LogP contribution >= 0.6 is 0 Å². The number of hydrogen-bond donors (Lipinski definition) is 2. The van der Waals surface area contributed by atoms with Crippen LogP contribution in [0.1, 0.15) is 36.6 Å². The van der Waals surface area contributed by atoms with E-state index in [1.54, 1.807) is 0 Å². The number of rotatable bonds is 5. The maximum atomic E-state index is 5.59. The minimum Gasteiger partial charge on any atom is -0.377 e. The first-order chi connectivity index (χ1) is 7.52. The van der Waals surface area contributed by atoms with Gasteiger partial charge in [0.15, 0.2) is 0 Å². The van der Waals surface area contributed by atoms with Gasteiger partial charge in [0, 0.05) is 0 Å². The van der Waals surface area contributed by atoms with Crippen LogP contribution in [-0.4, -0.2) is 12.7 Å². The van der Waals surface area contributed by atoms with Crippen molar-refractivity contribution >= 4 is 0 Å². The molecule has 3 heteroatoms. The topological polar surface area (TPSA) is 47.3 Å². The molecule has 3 nitrogen and oxygen atoms in total. The third-order valence-corrected chi connectivity index (χ3v) is 2.44. The monoisotopic (exact) mass is 222 g/mol. The Morgan fingerprint density at radius 3 is 2.19 bits per heavy atom. The highest BCUT2D eigenvalue weighted by atomic mass is 16.5. The average Bonchev–Trinajstić information content (AvgIpc) is 2.16. The van der Waals surface area contributed by atoms with Crippen molar-refractivity contribution in [3.05, 3.63) is 34.9 Å². The van der Waals surface area contributed by atoms with E-state index < -0.39 is 0 Å². The summed E-state index contributed by atoms with van der Waals surface area (Å²) in [7, 11) is 0. The molecule has 0 amide bonds. The predicted octanol–water partition coefficient (Wildman–Crippen LogP) is 2.23. The van der Waals surface area contributed by atoms with E-state index in [9.17, 15) is 0 Å². The van der Waals surface area contributed by atoms with Crippen LogP contribution < -0.4 is 11.3 Å². The van der Waals surface area contributed by atoms with Crippen molar-refractivity contribution in [2.75, 3.05) is 6.61 Å². The van der Waals surface area contributed by atoms with Gasteiger partial charge in [0.25, 0.3) is 0 Å². The summed E-state index contributed by atoms with van der Waals surface area (Å²) in [5.41, 5.74) is 6.48. The summed E-state index contributed by atoms with van der Waals surface area (Å²) in [6, 6.07) is 6.49. The highest BCUT2D eigenvalue weighted by molar-refractivity contribution is 5.30. The number of hydrogen-bond acceptors (Lipinski definition) is 3. The fourth-order valence-corrected chi connectivity index (χ4v) is 1.74. The Kier molecular flexibility index (Phi) is 4.93. The third kappa shape index (κ3) is 3.93. The maximum absolute atomic E-state index is 5.59. The highest BCUT2D eigenvalue weighted by Gasteiger charge is 2.11. The Hall–Kier alpha value is -0.900. The SMILES string of the molecule is Cc1cc(C)cc(C(COC(C)C)NN)c1. The first-order valence-electron chi connectivity index (χ1n) is 5.69. The van der Waals surface area contributed by atoms with Gasteiger partial charge in [-0.2, -0.15) is 0 Å². The van der Waals surface area contributed by atoms with Crippen molar-refractivity contribution in [3.8, 4) is 0 Å². The molecule has 1 aromatic carbocycles. The lowest BCUT2D eigenvalue weighted by Gasteiger charge is -2.19. The molecule has 0 aromatic heterocycles. The lowest BCUT2D eigenvalue weighted by Crippen LogP contribution is -2.32. The van der Waals surface area contributed by atoms with Gasteiger partial charge < -0.3 is 4.74 Å². The summed E-state index contributed by atoms with van der Waals surface area (Å²) in [6.07, 6.45) is 0.224. The summed E-state index contributed by atoms with van der Waals surface area (Å²) in [6.45, 7) is 8.82. The van der Waals surface area contributed by atoms with Gasteiger partial charge in [0.2, 0.25) is 0 Å². The third-order valence-electron chi connectivity index (χ3n) is 2.44. The van der Waals surface area contributed by atoms with E-state index in [1.807, 2.05) is 13.8 Å². The van der Waals surface area contributed by atoms with Gasteiger partial charge >= 0.3 is 0 Å². The first-order valence-corrected chi connectivity index (χ1v) is 5.69. The van der Waals surface area contributed by atoms with Gasteiger partial charge in [-0.25, -0.2) is 0 Å². The van der Waals surface area contributed by atoms with Crippen LogP contribution in [-0.2, 0) is 4.74 Å². The van der Waals surface area contributed by atoms with Gasteiger partial charge in [0.1, 0.15) is 0 Å². The van der Waals surface area contributed by atoms with Gasteiger partial charge in [-0.1, -0.05) is 29.3 Å². The van der Waals surface area contributed by atoms with E-state index in [0.717, 1.165) is 0 Å². The standard InChI is InChI=1S/C13H22N2O/c1-9(2)16-8-13(15-14)12-6-10(3)5-11(4)7-12/h5-7,9,13,15H,8,14H2,1-4H3. The highest BCUT2D eigenvalue weighted by Crippen LogP contribution is 2.17. The molecule has 1 aromatic rings. The van der Waals surface area contributed by atoms with Crippen molar-refractivity contribution in [2.24, 2.45) is 5.84 Å². The molecule has 1 atom stereocenters. The van der Waals surface area contributed by atoms with Gasteiger partial charge in [-0.3, -0.25) is 11.3 Å². The number of aryl methyl sites for hydroxylation is 2. The van der Waals surface area contributed by atoms with E-state index in [-0.39, 0.29) is 12.1 Å². The second-order valence-corrected chi connectivity index (χ2v) is 4.52. The Morgan fingerprint density at radius 1 is 1.19 bits per heavy atom. The van der Waals surface area contributed by atoms with Crippen LogP contribution in [0.4, 0.5) is 0 Å². The first kappa shape index (κ1) is 13.2. The molecule has 0 radical (unpaired) electrons. The molecular formula is C13H22N2O. The van der Waals surface area contributed by atoms with Crippen molar-refractivity contribution in [1.82, 2.24) is 5.43 Å². The van der Waals surface area contributed by atoms with Crippen LogP contribution in [0, 0.1) is 13.8 Å². The fraction of sp³-hybridized carbons (Fsp3) is 0.538. The zero-order valence-corrected chi connectivity index (χ0v) is 10.6. The van der Waals surface area contributed by atoms with Crippen LogP contribution in [0.15, 0.2) is 18.2 Å². The molecule has 1 unspecified atom stereocenters. The zero-order chi connectivity index (χ0) is 12.1. The van der Waals surface area contributed by atoms with Gasteiger partial charge in [0.05, 0.1) is 18.8 Å². The molecule has 90 valence electrons. The summed E-state index contributed by atoms with van der Waals surface area (Å²) in [5, 5.41) is 0. The Balaban J connectivity index is 2.78. The number of nitrogens with two attached hydrogens (primary N) is 1. The summed E-state index contributed by atoms with van der Waals surface area (Å²) >= 11 is 0. The molecule has 0 aliphatic carbocycles. The van der Waals surface area contributed by atoms with E-state index in [4.69, 9.17) is 10.6 Å². The molecular weight excluding hydrogens is 200 g/mol. The van der Waals surface area contributed by atoms with Crippen molar-refractivity contribution in [1.29, 1.82) is 0 Å². The zero-order valence-electron chi connectivity index (χ0n) is 10.6. The molecule has 0 saturated carbocycles. The lowest BCUT2D eigenvalue weighted by molar-refractivity contribution is 0.0611. The number of hydrazine groups is 1. The fourth-order valence-electron chi connectivity index (χ4n) is 1.74. The van der Waals surface area contributed by atoms with E-state index in [1.165, 1.54) is 16.7 Å². The van der Waals surface area contributed by atoms with E-state index >= 15 is 0 Å². The molecule has 0 aliphatic rings. The molecule has 16 heavy (non-hydrogen) atoms. The minimum absolute atomic E-state index is 0.0565. The largest absolute Gasteiger partial charge is 0.377 e. The average molecular weight is 222 g/mol. The van der Waals surface area contributed by atoms with E-state index in [0.29, 0.717) is 6.61 Å². The van der Waals surface area contributed by atoms with Gasteiger partial charge in [-0.05, 0) is 33.3 Å². The Morgan fingerprint density at radius 2 is 1.75 bits per heavy atom. The Bertz CT molecular complexity index is 316. The molecule has 0 fully saturated rings. The van der Waals surface area contributed by atoms with Crippen LogP contribution in [0.2, 0.25) is 0 Å². The molecule has 0 aliphatic heterocycles. The summed E-state index contributed by atoms with van der Waals surface area (Å²) in [4.78, 5) is 0. The minimum atomic E-state index is 0.0565. The van der Waals surface area contributed by atoms with Crippen molar-refractivity contribution in [2.45, 2.75) is 39.8 Å². The maximum Gasteiger partial charge on any atom is 0.0694 e. The number of benzene rings is 1. The van der Waals surface area contributed by atoms with E-state index in [2.05, 4.69) is 37.5 Å². The lowest BCUT2D eigenvalue weighted by atomic mass is 10.0. The molecule has 1 rings (SSSR count). The second-order valence-electron chi connectivity index (χ2n) is 4.52. The molecule has 3 N–H and O–H groups in total. The second kappa shape index (κ2) is 5.99.